The summed E-state index contributed by atoms with van der Waals surface area (Å²) in [5.74, 6) is 0.760. The van der Waals surface area contributed by atoms with Crippen LogP contribution < -0.4 is 10.1 Å². The summed E-state index contributed by atoms with van der Waals surface area (Å²) in [6.07, 6.45) is 3.32. The van der Waals surface area contributed by atoms with Crippen molar-refractivity contribution in [3.63, 3.8) is 0 Å². The third kappa shape index (κ3) is 3.25. The Hall–Kier alpha value is -3.12. The van der Waals surface area contributed by atoms with Gasteiger partial charge in [-0.1, -0.05) is 0 Å². The van der Waals surface area contributed by atoms with E-state index in [4.69, 9.17) is 16.0 Å². The highest BCUT2D eigenvalue weighted by Crippen LogP contribution is 2.33. The van der Waals surface area contributed by atoms with Gasteiger partial charge < -0.3 is 19.8 Å². The highest BCUT2D eigenvalue weighted by molar-refractivity contribution is 5.95. The third-order valence-electron chi connectivity index (χ3n) is 3.74. The van der Waals surface area contributed by atoms with Crippen LogP contribution in [0.2, 0.25) is 0 Å². The van der Waals surface area contributed by atoms with Crippen molar-refractivity contribution >= 4 is 28.4 Å². The van der Waals surface area contributed by atoms with Crippen LogP contribution in [0, 0.1) is 13.5 Å². The molecule has 0 aliphatic carbocycles. The predicted octanol–water partition coefficient (Wildman–Crippen LogP) is 2.80. The van der Waals surface area contributed by atoms with Crippen molar-refractivity contribution in [3.8, 4) is 5.88 Å². The van der Waals surface area contributed by atoms with E-state index in [0.29, 0.717) is 48.3 Å². The number of aromatic amines is 1. The Morgan fingerprint density at radius 3 is 2.96 bits per heavy atom. The molecule has 130 valence electrons. The Bertz CT molecular complexity index is 923. The third-order valence-corrected chi connectivity index (χ3v) is 3.74. The van der Waals surface area contributed by atoms with Gasteiger partial charge in [0.1, 0.15) is 5.65 Å². The fourth-order valence-corrected chi connectivity index (χ4v) is 2.46. The molecule has 3 heterocycles. The van der Waals surface area contributed by atoms with Gasteiger partial charge in [0.05, 0.1) is 49.3 Å². The monoisotopic (exact) mass is 341 g/mol. The molecule has 0 saturated heterocycles. The molecule has 25 heavy (non-hydrogen) atoms. The molecule has 9 heteroatoms. The van der Waals surface area contributed by atoms with Gasteiger partial charge in [-0.3, -0.25) is 4.68 Å². The number of H-pyrrole nitrogens is 1. The molecular weight excluding hydrogens is 322 g/mol. The van der Waals surface area contributed by atoms with Crippen LogP contribution in [0.25, 0.3) is 15.9 Å². The largest absolute Gasteiger partial charge is 0.478 e. The lowest BCUT2D eigenvalue weighted by Gasteiger charge is -2.09. The van der Waals surface area contributed by atoms with Crippen LogP contribution in [0.1, 0.15) is 12.6 Å². The zero-order valence-corrected chi connectivity index (χ0v) is 14.3. The van der Waals surface area contributed by atoms with Crippen molar-refractivity contribution in [2.75, 3.05) is 25.6 Å². The number of anilines is 2. The first-order valence-corrected chi connectivity index (χ1v) is 7.85. The lowest BCUT2D eigenvalue weighted by molar-refractivity contribution is 0.183. The Balaban J connectivity index is 1.94. The molecule has 0 unspecified atom stereocenters. The maximum absolute atomic E-state index is 7.25. The average molecular weight is 341 g/mol. The molecule has 0 aromatic carbocycles. The quantitative estimate of drug-likeness (QED) is 0.642. The zero-order chi connectivity index (χ0) is 17.8. The van der Waals surface area contributed by atoms with Gasteiger partial charge >= 0.3 is 0 Å². The number of methoxy groups -OCH3 is 1. The van der Waals surface area contributed by atoms with Crippen LogP contribution >= 0.6 is 0 Å². The van der Waals surface area contributed by atoms with Gasteiger partial charge in [-0.25, -0.2) is 4.85 Å². The Morgan fingerprint density at radius 1 is 1.40 bits per heavy atom. The van der Waals surface area contributed by atoms with Crippen LogP contribution in [-0.2, 0) is 11.3 Å². The summed E-state index contributed by atoms with van der Waals surface area (Å²) in [6, 6.07) is 0. The van der Waals surface area contributed by atoms with Crippen LogP contribution in [0.3, 0.4) is 0 Å². The van der Waals surface area contributed by atoms with Gasteiger partial charge in [0.2, 0.25) is 17.5 Å². The van der Waals surface area contributed by atoms with Crippen LogP contribution in [0.5, 0.6) is 5.88 Å². The topological polar surface area (TPSA) is 94.2 Å². The summed E-state index contributed by atoms with van der Waals surface area (Å²) in [7, 11) is 1.66. The predicted molar refractivity (Wildman–Crippen MR) is 93.4 cm³/mol. The minimum absolute atomic E-state index is 0.378. The number of hydrogen-bond acceptors (Lipinski definition) is 6. The van der Waals surface area contributed by atoms with Crippen molar-refractivity contribution in [1.82, 2.24) is 24.7 Å². The SMILES string of the molecule is [C-]#[N+]c1c[nH]c2nc(Nc3cnn(CCOC)c3C)nc(OCC)c12. The van der Waals surface area contributed by atoms with E-state index in [1.807, 2.05) is 18.5 Å². The molecule has 3 aromatic heterocycles. The lowest BCUT2D eigenvalue weighted by atomic mass is 10.3. The molecule has 0 saturated carbocycles. The van der Waals surface area contributed by atoms with E-state index in [0.717, 1.165) is 11.4 Å². The Labute approximate surface area is 144 Å². The second-order valence-corrected chi connectivity index (χ2v) is 5.28. The van der Waals surface area contributed by atoms with E-state index in [2.05, 4.69) is 30.2 Å². The van der Waals surface area contributed by atoms with Crippen molar-refractivity contribution in [1.29, 1.82) is 0 Å². The fourth-order valence-electron chi connectivity index (χ4n) is 2.46. The van der Waals surface area contributed by atoms with E-state index in [-0.39, 0.29) is 0 Å². The second kappa shape index (κ2) is 7.19. The molecule has 3 rings (SSSR count). The molecule has 0 aliphatic heterocycles. The number of ether oxygens (including phenoxy) is 2. The molecule has 0 atom stereocenters. The van der Waals surface area contributed by atoms with E-state index in [9.17, 15) is 0 Å². The number of fused-ring (bicyclic) bond motifs is 1. The van der Waals surface area contributed by atoms with Crippen molar-refractivity contribution in [2.24, 2.45) is 0 Å². The van der Waals surface area contributed by atoms with Gasteiger partial charge in [-0.2, -0.15) is 15.1 Å². The highest BCUT2D eigenvalue weighted by atomic mass is 16.5. The molecule has 0 aliphatic rings. The average Bonchev–Trinajstić information content (AvgIpc) is 3.18. The van der Waals surface area contributed by atoms with Crippen molar-refractivity contribution in [3.05, 3.63) is 29.5 Å². The molecule has 0 bridgehead atoms. The number of rotatable bonds is 7. The van der Waals surface area contributed by atoms with Crippen molar-refractivity contribution in [2.45, 2.75) is 20.4 Å². The van der Waals surface area contributed by atoms with Crippen LogP contribution in [0.4, 0.5) is 17.3 Å². The molecule has 0 radical (unpaired) electrons. The van der Waals surface area contributed by atoms with E-state index >= 15 is 0 Å². The number of nitrogens with one attached hydrogen (secondary N) is 2. The van der Waals surface area contributed by atoms with Gasteiger partial charge in [0.25, 0.3) is 0 Å². The maximum atomic E-state index is 7.25. The van der Waals surface area contributed by atoms with Gasteiger partial charge in [0, 0.05) is 13.3 Å². The minimum atomic E-state index is 0.378. The highest BCUT2D eigenvalue weighted by Gasteiger charge is 2.16. The fraction of sp³-hybridized carbons (Fsp3) is 0.375. The van der Waals surface area contributed by atoms with Crippen LogP contribution in [-0.4, -0.2) is 45.1 Å². The van der Waals surface area contributed by atoms with Crippen molar-refractivity contribution < 1.29 is 9.47 Å². The number of nitrogens with zero attached hydrogens (tertiary/aromatic N) is 5. The van der Waals surface area contributed by atoms with Gasteiger partial charge in [-0.05, 0) is 13.8 Å². The second-order valence-electron chi connectivity index (χ2n) is 5.28. The van der Waals surface area contributed by atoms with E-state index in [1.54, 1.807) is 19.5 Å². The van der Waals surface area contributed by atoms with Crippen LogP contribution in [0.15, 0.2) is 12.4 Å². The number of aromatic nitrogens is 5. The molecular formula is C16H19N7O2. The lowest BCUT2D eigenvalue weighted by Crippen LogP contribution is -2.08. The van der Waals surface area contributed by atoms with Gasteiger partial charge in [0.15, 0.2) is 0 Å². The Kier molecular flexibility index (Phi) is 4.81. The standard InChI is InChI=1S/C16H19N7O2/c1-5-25-15-13-12(17-3)8-18-14(13)21-16(22-15)20-11-9-19-23(10(11)2)6-7-24-4/h8-9H,5-7H2,1-2,4H3,(H2,18,20,21,22). The summed E-state index contributed by atoms with van der Waals surface area (Å²) >= 11 is 0. The van der Waals surface area contributed by atoms with Gasteiger partial charge in [-0.15, -0.1) is 0 Å². The van der Waals surface area contributed by atoms with E-state index < -0.39 is 0 Å². The number of hydrogen-bond donors (Lipinski definition) is 2. The molecule has 0 spiro atoms. The maximum Gasteiger partial charge on any atom is 0.232 e. The summed E-state index contributed by atoms with van der Waals surface area (Å²) in [5.41, 5.74) is 2.74. The zero-order valence-electron chi connectivity index (χ0n) is 14.3. The Morgan fingerprint density at radius 2 is 2.24 bits per heavy atom. The summed E-state index contributed by atoms with van der Waals surface area (Å²) in [4.78, 5) is 15.3. The molecule has 0 fully saturated rings. The molecule has 2 N–H and O–H groups in total. The molecule has 3 aromatic rings. The van der Waals surface area contributed by atoms with E-state index in [1.165, 1.54) is 0 Å². The molecule has 0 amide bonds. The summed E-state index contributed by atoms with van der Waals surface area (Å²) in [5, 5.41) is 8.08. The first-order valence-electron chi connectivity index (χ1n) is 7.85. The minimum Gasteiger partial charge on any atom is -0.478 e. The first-order chi connectivity index (χ1) is 12.2. The first kappa shape index (κ1) is 16.7. The summed E-state index contributed by atoms with van der Waals surface area (Å²) < 4.78 is 12.5. The normalized spacial score (nSPS) is 10.8. The summed E-state index contributed by atoms with van der Waals surface area (Å²) in [6.45, 7) is 12.8. The smallest absolute Gasteiger partial charge is 0.232 e. The molecule has 9 nitrogen and oxygen atoms in total.